The van der Waals surface area contributed by atoms with E-state index in [9.17, 15) is 13.5 Å². The fourth-order valence-corrected chi connectivity index (χ4v) is 4.17. The molecule has 0 radical (unpaired) electrons. The van der Waals surface area contributed by atoms with E-state index < -0.39 is 9.84 Å². The third-order valence-corrected chi connectivity index (χ3v) is 6.22. The zero-order valence-electron chi connectivity index (χ0n) is 14.0. The first-order valence-corrected chi connectivity index (χ1v) is 10.7. The maximum absolute atomic E-state index is 11.6. The van der Waals surface area contributed by atoms with Crippen molar-refractivity contribution >= 4 is 26.8 Å². The summed E-state index contributed by atoms with van der Waals surface area (Å²) >= 11 is 1.53. The van der Waals surface area contributed by atoms with Crippen molar-refractivity contribution in [3.63, 3.8) is 0 Å². The van der Waals surface area contributed by atoms with Gasteiger partial charge in [-0.05, 0) is 46.8 Å². The van der Waals surface area contributed by atoms with E-state index in [1.807, 2.05) is 40.4 Å². The summed E-state index contributed by atoms with van der Waals surface area (Å²) in [5.41, 5.74) is 4.57. The Morgan fingerprint density at radius 2 is 1.77 bits per heavy atom. The zero-order valence-corrected chi connectivity index (χ0v) is 15.6. The molecule has 0 aliphatic heterocycles. The highest BCUT2D eigenvalue weighted by molar-refractivity contribution is 7.90. The van der Waals surface area contributed by atoms with Crippen LogP contribution in [0.15, 0.2) is 65.1 Å². The number of sulfone groups is 1. The number of thiophene rings is 1. The lowest BCUT2D eigenvalue weighted by Crippen LogP contribution is -1.96. The first-order chi connectivity index (χ1) is 12.4. The molecule has 4 aromatic rings. The van der Waals surface area contributed by atoms with E-state index in [1.165, 1.54) is 17.6 Å². The van der Waals surface area contributed by atoms with E-state index in [0.717, 1.165) is 32.9 Å². The summed E-state index contributed by atoms with van der Waals surface area (Å²) in [5, 5.41) is 11.2. The molecule has 7 heteroatoms. The lowest BCUT2D eigenvalue weighted by molar-refractivity contribution is 0.285. The van der Waals surface area contributed by atoms with Gasteiger partial charge in [0.25, 0.3) is 0 Å². The number of benzene rings is 1. The molecule has 0 bridgehead atoms. The van der Waals surface area contributed by atoms with Crippen LogP contribution in [0.5, 0.6) is 0 Å². The fraction of sp³-hybridized carbons (Fsp3) is 0.105. The molecular formula is C19H16N2O3S2. The molecule has 0 aliphatic rings. The van der Waals surface area contributed by atoms with Crippen LogP contribution >= 0.6 is 11.3 Å². The summed E-state index contributed by atoms with van der Waals surface area (Å²) in [5.74, 6) is 0. The molecule has 4 rings (SSSR count). The van der Waals surface area contributed by atoms with Gasteiger partial charge in [-0.1, -0.05) is 12.1 Å². The Hall–Kier alpha value is -2.48. The number of imidazole rings is 1. The molecule has 1 aromatic carbocycles. The molecule has 0 fully saturated rings. The second-order valence-electron chi connectivity index (χ2n) is 6.07. The van der Waals surface area contributed by atoms with Gasteiger partial charge in [-0.15, -0.1) is 11.3 Å². The molecule has 0 atom stereocenters. The van der Waals surface area contributed by atoms with Crippen molar-refractivity contribution in [2.75, 3.05) is 6.26 Å². The Kier molecular flexibility index (Phi) is 4.14. The predicted molar refractivity (Wildman–Crippen MR) is 103 cm³/mol. The molecule has 0 unspecified atom stereocenters. The number of hydrogen-bond donors (Lipinski definition) is 1. The number of nitrogens with zero attached hydrogens (tertiary/aromatic N) is 2. The van der Waals surface area contributed by atoms with Crippen molar-refractivity contribution in [2.24, 2.45) is 0 Å². The highest BCUT2D eigenvalue weighted by Crippen LogP contribution is 2.27. The lowest BCUT2D eigenvalue weighted by atomic mass is 10.1. The normalized spacial score (nSPS) is 11.9. The summed E-state index contributed by atoms with van der Waals surface area (Å²) in [4.78, 5) is 5.83. The number of pyridine rings is 1. The minimum absolute atomic E-state index is 0.0472. The van der Waals surface area contributed by atoms with Crippen molar-refractivity contribution in [3.8, 4) is 22.4 Å². The zero-order chi connectivity index (χ0) is 18.3. The first-order valence-electron chi connectivity index (χ1n) is 7.92. The van der Waals surface area contributed by atoms with Gasteiger partial charge in [0.05, 0.1) is 17.2 Å². The quantitative estimate of drug-likeness (QED) is 0.583. The van der Waals surface area contributed by atoms with E-state index in [-0.39, 0.29) is 6.61 Å². The van der Waals surface area contributed by atoms with E-state index in [0.29, 0.717) is 4.90 Å². The summed E-state index contributed by atoms with van der Waals surface area (Å²) in [6.45, 7) is 0.0472. The highest BCUT2D eigenvalue weighted by Gasteiger charge is 2.10. The Labute approximate surface area is 155 Å². The molecule has 132 valence electrons. The second kappa shape index (κ2) is 6.35. The van der Waals surface area contributed by atoms with E-state index >= 15 is 0 Å². The summed E-state index contributed by atoms with van der Waals surface area (Å²) in [6.07, 6.45) is 5.12. The third kappa shape index (κ3) is 3.16. The number of fused-ring (bicyclic) bond motifs is 1. The number of aliphatic hydroxyl groups excluding tert-OH is 1. The average molecular weight is 384 g/mol. The molecule has 5 nitrogen and oxygen atoms in total. The fourth-order valence-electron chi connectivity index (χ4n) is 2.79. The molecule has 3 heterocycles. The Balaban J connectivity index is 1.71. The molecule has 0 aliphatic carbocycles. The first kappa shape index (κ1) is 17.0. The van der Waals surface area contributed by atoms with E-state index in [2.05, 4.69) is 4.98 Å². The van der Waals surface area contributed by atoms with E-state index in [1.54, 1.807) is 24.3 Å². The Bertz CT molecular complexity index is 1190. The number of aromatic nitrogens is 2. The van der Waals surface area contributed by atoms with Gasteiger partial charge in [0.15, 0.2) is 9.84 Å². The minimum Gasteiger partial charge on any atom is -0.391 e. The summed E-state index contributed by atoms with van der Waals surface area (Å²) in [6, 6.07) is 12.7. The van der Waals surface area contributed by atoms with Gasteiger partial charge in [0.2, 0.25) is 0 Å². The lowest BCUT2D eigenvalue weighted by Gasteiger charge is -2.00. The number of rotatable bonds is 4. The van der Waals surface area contributed by atoms with Crippen LogP contribution in [-0.2, 0) is 16.4 Å². The smallest absolute Gasteiger partial charge is 0.175 e. The molecule has 0 spiro atoms. The van der Waals surface area contributed by atoms with Gasteiger partial charge in [-0.2, -0.15) is 0 Å². The molecule has 26 heavy (non-hydrogen) atoms. The van der Waals surface area contributed by atoms with Crippen LogP contribution in [0.4, 0.5) is 0 Å². The second-order valence-corrected chi connectivity index (χ2v) is 9.08. The van der Waals surface area contributed by atoms with Gasteiger partial charge in [0, 0.05) is 29.1 Å². The average Bonchev–Trinajstić information content (AvgIpc) is 3.27. The summed E-state index contributed by atoms with van der Waals surface area (Å²) < 4.78 is 25.1. The maximum atomic E-state index is 11.6. The van der Waals surface area contributed by atoms with Gasteiger partial charge in [-0.3, -0.25) is 0 Å². The van der Waals surface area contributed by atoms with Crippen LogP contribution in [0.2, 0.25) is 0 Å². The topological polar surface area (TPSA) is 71.7 Å². The molecule has 0 saturated carbocycles. The van der Waals surface area contributed by atoms with E-state index in [4.69, 9.17) is 0 Å². The molecule has 1 N–H and O–H groups in total. The largest absolute Gasteiger partial charge is 0.391 e. The van der Waals surface area contributed by atoms with Gasteiger partial charge in [0.1, 0.15) is 5.65 Å². The van der Waals surface area contributed by atoms with Crippen molar-refractivity contribution in [1.82, 2.24) is 9.38 Å². The van der Waals surface area contributed by atoms with Crippen molar-refractivity contribution in [2.45, 2.75) is 11.5 Å². The van der Waals surface area contributed by atoms with Crippen LogP contribution in [0.1, 0.15) is 4.88 Å². The van der Waals surface area contributed by atoms with Crippen molar-refractivity contribution < 1.29 is 13.5 Å². The van der Waals surface area contributed by atoms with Crippen LogP contribution < -0.4 is 0 Å². The SMILES string of the molecule is CS(=O)(=O)c1ccc(-c2cn3cc(-c4csc(CO)c4)ccc3n2)cc1. The number of aliphatic hydroxyl groups is 1. The maximum Gasteiger partial charge on any atom is 0.175 e. The van der Waals surface area contributed by atoms with Crippen LogP contribution in [0.3, 0.4) is 0 Å². The molecule has 0 amide bonds. The predicted octanol–water partition coefficient (Wildman–Crippen LogP) is 3.63. The van der Waals surface area contributed by atoms with Crippen molar-refractivity contribution in [1.29, 1.82) is 0 Å². The molecular weight excluding hydrogens is 368 g/mol. The third-order valence-electron chi connectivity index (χ3n) is 4.17. The molecule has 0 saturated heterocycles. The Morgan fingerprint density at radius 3 is 2.42 bits per heavy atom. The standard InChI is InChI=1S/C19H16N2O3S2/c1-26(23,24)17-5-2-13(3-6-17)18-10-21-9-14(4-7-19(21)20-18)15-8-16(11-22)25-12-15/h2-10,12,22H,11H2,1H3. The molecule has 3 aromatic heterocycles. The number of hydrogen-bond acceptors (Lipinski definition) is 5. The van der Waals surface area contributed by atoms with Gasteiger partial charge >= 0.3 is 0 Å². The Morgan fingerprint density at radius 1 is 1.04 bits per heavy atom. The van der Waals surface area contributed by atoms with Crippen LogP contribution in [0, 0.1) is 0 Å². The highest BCUT2D eigenvalue weighted by atomic mass is 32.2. The van der Waals surface area contributed by atoms with Crippen LogP contribution in [-0.4, -0.2) is 29.2 Å². The summed E-state index contributed by atoms with van der Waals surface area (Å²) in [7, 11) is -3.21. The van der Waals surface area contributed by atoms with Gasteiger partial charge < -0.3 is 9.51 Å². The minimum atomic E-state index is -3.21. The van der Waals surface area contributed by atoms with Gasteiger partial charge in [-0.25, -0.2) is 13.4 Å². The van der Waals surface area contributed by atoms with Crippen molar-refractivity contribution in [3.05, 3.63) is 65.1 Å². The van der Waals surface area contributed by atoms with Crippen LogP contribution in [0.25, 0.3) is 28.0 Å². The monoisotopic (exact) mass is 384 g/mol.